The third-order valence-electron chi connectivity index (χ3n) is 2.23. The Balaban J connectivity index is 4.54. The molecule has 0 bridgehead atoms. The van der Waals surface area contributed by atoms with Gasteiger partial charge in [0.15, 0.2) is 9.84 Å². The van der Waals surface area contributed by atoms with Gasteiger partial charge in [-0.05, 0) is 19.9 Å². The van der Waals surface area contributed by atoms with Gasteiger partial charge in [-0.15, -0.1) is 0 Å². The molecule has 0 heterocycles. The molecular formula is C8H19NO2S. The standard InChI is InChI=1S/C8H19NO2S/c1-6(2)8(9-4)7(3)12(5,10)11/h6-9H,1-5H3. The summed E-state index contributed by atoms with van der Waals surface area (Å²) in [6.45, 7) is 5.78. The normalized spacial score (nSPS) is 17.8. The number of hydrogen-bond acceptors (Lipinski definition) is 3. The molecular weight excluding hydrogens is 174 g/mol. The SMILES string of the molecule is CNC(C(C)C)C(C)S(C)(=O)=O. The van der Waals surface area contributed by atoms with Gasteiger partial charge < -0.3 is 5.32 Å². The maximum atomic E-state index is 11.2. The minimum Gasteiger partial charge on any atom is -0.315 e. The number of hydrogen-bond donors (Lipinski definition) is 1. The number of rotatable bonds is 4. The molecule has 1 N–H and O–H groups in total. The average molecular weight is 193 g/mol. The van der Waals surface area contributed by atoms with Gasteiger partial charge >= 0.3 is 0 Å². The molecule has 0 aliphatic rings. The van der Waals surface area contributed by atoms with Crippen molar-refractivity contribution in [1.29, 1.82) is 0 Å². The van der Waals surface area contributed by atoms with Crippen LogP contribution in [0.25, 0.3) is 0 Å². The zero-order valence-corrected chi connectivity index (χ0v) is 9.27. The van der Waals surface area contributed by atoms with Gasteiger partial charge in [0, 0.05) is 12.3 Å². The van der Waals surface area contributed by atoms with Gasteiger partial charge in [0.05, 0.1) is 5.25 Å². The van der Waals surface area contributed by atoms with Crippen molar-refractivity contribution in [2.24, 2.45) is 5.92 Å². The molecule has 4 heteroatoms. The van der Waals surface area contributed by atoms with E-state index in [1.54, 1.807) is 14.0 Å². The molecule has 0 amide bonds. The lowest BCUT2D eigenvalue weighted by Crippen LogP contribution is -2.43. The van der Waals surface area contributed by atoms with Gasteiger partial charge in [0.25, 0.3) is 0 Å². The van der Waals surface area contributed by atoms with Gasteiger partial charge in [-0.2, -0.15) is 0 Å². The molecule has 0 fully saturated rings. The van der Waals surface area contributed by atoms with E-state index in [4.69, 9.17) is 0 Å². The molecule has 0 saturated heterocycles. The van der Waals surface area contributed by atoms with Crippen LogP contribution in [0.15, 0.2) is 0 Å². The summed E-state index contributed by atoms with van der Waals surface area (Å²) >= 11 is 0. The van der Waals surface area contributed by atoms with E-state index in [2.05, 4.69) is 5.32 Å². The Morgan fingerprint density at radius 1 is 1.17 bits per heavy atom. The van der Waals surface area contributed by atoms with Crippen molar-refractivity contribution in [1.82, 2.24) is 5.32 Å². The van der Waals surface area contributed by atoms with Crippen LogP contribution in [0, 0.1) is 5.92 Å². The minimum atomic E-state index is -2.92. The molecule has 2 atom stereocenters. The van der Waals surface area contributed by atoms with Gasteiger partial charge in [-0.1, -0.05) is 13.8 Å². The summed E-state index contributed by atoms with van der Waals surface area (Å²) in [6.07, 6.45) is 1.28. The van der Waals surface area contributed by atoms with Crippen LogP contribution in [0.3, 0.4) is 0 Å². The van der Waals surface area contributed by atoms with E-state index in [1.807, 2.05) is 13.8 Å². The Labute approximate surface area is 75.5 Å². The van der Waals surface area contributed by atoms with Crippen molar-refractivity contribution < 1.29 is 8.42 Å². The molecule has 0 rings (SSSR count). The van der Waals surface area contributed by atoms with E-state index in [9.17, 15) is 8.42 Å². The maximum absolute atomic E-state index is 11.2. The zero-order chi connectivity index (χ0) is 9.94. The van der Waals surface area contributed by atoms with Crippen molar-refractivity contribution in [3.63, 3.8) is 0 Å². The third-order valence-corrected chi connectivity index (χ3v) is 3.88. The van der Waals surface area contributed by atoms with Gasteiger partial charge in [-0.25, -0.2) is 8.42 Å². The van der Waals surface area contributed by atoms with Crippen LogP contribution in [0.2, 0.25) is 0 Å². The van der Waals surface area contributed by atoms with Crippen LogP contribution < -0.4 is 5.32 Å². The van der Waals surface area contributed by atoms with E-state index in [0.29, 0.717) is 5.92 Å². The first-order chi connectivity index (χ1) is 5.30. The zero-order valence-electron chi connectivity index (χ0n) is 8.46. The summed E-state index contributed by atoms with van der Waals surface area (Å²) in [7, 11) is -1.12. The highest BCUT2D eigenvalue weighted by Gasteiger charge is 2.26. The van der Waals surface area contributed by atoms with Gasteiger partial charge in [-0.3, -0.25) is 0 Å². The van der Waals surface area contributed by atoms with E-state index in [1.165, 1.54) is 6.26 Å². The van der Waals surface area contributed by atoms with Gasteiger partial charge in [0.2, 0.25) is 0 Å². The molecule has 0 saturated carbocycles. The predicted molar refractivity (Wildman–Crippen MR) is 52.0 cm³/mol. The molecule has 2 unspecified atom stereocenters. The molecule has 3 nitrogen and oxygen atoms in total. The van der Waals surface area contributed by atoms with Crippen LogP contribution in [-0.2, 0) is 9.84 Å². The third kappa shape index (κ3) is 3.11. The second-order valence-electron chi connectivity index (χ2n) is 3.59. The second-order valence-corrected chi connectivity index (χ2v) is 6.00. The largest absolute Gasteiger partial charge is 0.315 e. The summed E-state index contributed by atoms with van der Waals surface area (Å²) in [5, 5.41) is 2.71. The molecule has 12 heavy (non-hydrogen) atoms. The Morgan fingerprint density at radius 3 is 1.67 bits per heavy atom. The van der Waals surface area contributed by atoms with Crippen LogP contribution >= 0.6 is 0 Å². The van der Waals surface area contributed by atoms with Crippen molar-refractivity contribution in [3.8, 4) is 0 Å². The van der Waals surface area contributed by atoms with Gasteiger partial charge in [0.1, 0.15) is 0 Å². The van der Waals surface area contributed by atoms with E-state index < -0.39 is 9.84 Å². The van der Waals surface area contributed by atoms with Crippen LogP contribution in [-0.4, -0.2) is 33.0 Å². The van der Waals surface area contributed by atoms with Crippen molar-refractivity contribution in [2.75, 3.05) is 13.3 Å². The van der Waals surface area contributed by atoms with Crippen molar-refractivity contribution in [2.45, 2.75) is 32.1 Å². The van der Waals surface area contributed by atoms with E-state index in [0.717, 1.165) is 0 Å². The molecule has 0 aromatic rings. The monoisotopic (exact) mass is 193 g/mol. The molecule has 0 aromatic heterocycles. The predicted octanol–water partition coefficient (Wildman–Crippen LogP) is 0.663. The topological polar surface area (TPSA) is 46.2 Å². The van der Waals surface area contributed by atoms with Crippen molar-refractivity contribution >= 4 is 9.84 Å². The lowest BCUT2D eigenvalue weighted by atomic mass is 10.0. The van der Waals surface area contributed by atoms with E-state index in [-0.39, 0.29) is 11.3 Å². The Morgan fingerprint density at radius 2 is 1.58 bits per heavy atom. The molecule has 0 aromatic carbocycles. The summed E-state index contributed by atoms with van der Waals surface area (Å²) in [5.74, 6) is 0.333. The first-order valence-electron chi connectivity index (χ1n) is 4.16. The van der Waals surface area contributed by atoms with Crippen LogP contribution in [0.5, 0.6) is 0 Å². The lowest BCUT2D eigenvalue weighted by Gasteiger charge is -2.25. The quantitative estimate of drug-likeness (QED) is 0.713. The maximum Gasteiger partial charge on any atom is 0.151 e. The molecule has 0 aliphatic carbocycles. The molecule has 0 aliphatic heterocycles. The Hall–Kier alpha value is -0.0900. The fourth-order valence-electron chi connectivity index (χ4n) is 1.38. The molecule has 0 spiro atoms. The first-order valence-corrected chi connectivity index (χ1v) is 6.12. The van der Waals surface area contributed by atoms with Crippen LogP contribution in [0.4, 0.5) is 0 Å². The highest BCUT2D eigenvalue weighted by molar-refractivity contribution is 7.91. The minimum absolute atomic E-state index is 0.0417. The Kier molecular flexibility index (Phi) is 4.20. The summed E-state index contributed by atoms with van der Waals surface area (Å²) in [5.41, 5.74) is 0. The smallest absolute Gasteiger partial charge is 0.151 e. The highest BCUT2D eigenvalue weighted by Crippen LogP contribution is 2.12. The Bertz CT molecular complexity index is 221. The molecule has 0 radical (unpaired) electrons. The fraction of sp³-hybridized carbons (Fsp3) is 1.00. The summed E-state index contributed by atoms with van der Waals surface area (Å²) in [4.78, 5) is 0. The van der Waals surface area contributed by atoms with Crippen molar-refractivity contribution in [3.05, 3.63) is 0 Å². The summed E-state index contributed by atoms with van der Waals surface area (Å²) < 4.78 is 22.4. The second kappa shape index (κ2) is 4.23. The number of nitrogens with one attached hydrogen (secondary N) is 1. The highest BCUT2D eigenvalue weighted by atomic mass is 32.2. The first kappa shape index (κ1) is 11.9. The lowest BCUT2D eigenvalue weighted by molar-refractivity contribution is 0.412. The van der Waals surface area contributed by atoms with E-state index >= 15 is 0 Å². The number of sulfone groups is 1. The average Bonchev–Trinajstić information content (AvgIpc) is 1.86. The van der Waals surface area contributed by atoms with Crippen LogP contribution in [0.1, 0.15) is 20.8 Å². The fourth-order valence-corrected chi connectivity index (χ4v) is 2.36. The summed E-state index contributed by atoms with van der Waals surface area (Å²) in [6, 6.07) is 0.0417. The molecule has 74 valence electrons.